The van der Waals surface area contributed by atoms with E-state index in [2.05, 4.69) is 27.7 Å². The summed E-state index contributed by atoms with van der Waals surface area (Å²) in [5.74, 6) is 1.43. The van der Waals surface area contributed by atoms with Crippen molar-refractivity contribution in [2.45, 2.75) is 53.0 Å². The van der Waals surface area contributed by atoms with E-state index in [0.717, 1.165) is 12.8 Å². The highest BCUT2D eigenvalue weighted by atomic mass is 16.1. The number of carbonyl (C=O) groups excluding carboxylic acids is 1. The predicted molar refractivity (Wildman–Crippen MR) is 97.5 cm³/mol. The first-order valence-electron chi connectivity index (χ1n) is 8.80. The van der Waals surface area contributed by atoms with E-state index in [0.29, 0.717) is 29.4 Å². The summed E-state index contributed by atoms with van der Waals surface area (Å²) in [6, 6.07) is 0.111. The second-order valence-corrected chi connectivity index (χ2v) is 7.70. The third-order valence-corrected chi connectivity index (χ3v) is 5.52. The molecule has 0 aliphatic heterocycles. The van der Waals surface area contributed by atoms with Crippen molar-refractivity contribution in [3.63, 3.8) is 0 Å². The van der Waals surface area contributed by atoms with Gasteiger partial charge in [-0.15, -0.1) is 0 Å². The number of aliphatic imine (C=N–C) groups is 1. The minimum Gasteiger partial charge on any atom is -0.395 e. The van der Waals surface area contributed by atoms with Crippen molar-refractivity contribution >= 4 is 11.5 Å². The summed E-state index contributed by atoms with van der Waals surface area (Å²) in [6.45, 7) is 8.91. The van der Waals surface area contributed by atoms with Gasteiger partial charge >= 0.3 is 0 Å². The highest BCUT2D eigenvalue weighted by molar-refractivity contribution is 6.25. The lowest BCUT2D eigenvalue weighted by molar-refractivity contribution is -0.112. The van der Waals surface area contributed by atoms with E-state index in [9.17, 15) is 4.79 Å². The minimum absolute atomic E-state index is 0.0570. The Labute approximate surface area is 144 Å². The van der Waals surface area contributed by atoms with Crippen molar-refractivity contribution < 1.29 is 4.79 Å². The topological polar surface area (TPSA) is 134 Å². The number of Topliss-reactive ketones (excluding diaryl/α,β-unsaturated/α-hetero) is 1. The summed E-state index contributed by atoms with van der Waals surface area (Å²) in [4.78, 5) is 16.9. The van der Waals surface area contributed by atoms with Gasteiger partial charge in [0, 0.05) is 0 Å². The van der Waals surface area contributed by atoms with Crippen LogP contribution in [-0.2, 0) is 4.79 Å². The monoisotopic (exact) mass is 333 g/mol. The van der Waals surface area contributed by atoms with Gasteiger partial charge in [-0.2, -0.15) is 0 Å². The molecule has 6 heteroatoms. The van der Waals surface area contributed by atoms with Gasteiger partial charge in [-0.3, -0.25) is 9.79 Å². The Kier molecular flexibility index (Phi) is 5.26. The first kappa shape index (κ1) is 18.4. The van der Waals surface area contributed by atoms with Gasteiger partial charge < -0.3 is 22.9 Å². The van der Waals surface area contributed by atoms with Gasteiger partial charge in [0.25, 0.3) is 0 Å². The molecule has 0 radical (unpaired) electrons. The van der Waals surface area contributed by atoms with Crippen molar-refractivity contribution in [1.29, 1.82) is 0 Å². The van der Waals surface area contributed by atoms with Gasteiger partial charge in [0.15, 0.2) is 0 Å². The Bertz CT molecular complexity index is 569. The van der Waals surface area contributed by atoms with Crippen LogP contribution in [0.25, 0.3) is 0 Å². The number of hydrogen-bond donors (Lipinski definition) is 4. The van der Waals surface area contributed by atoms with Crippen LogP contribution in [0, 0.1) is 23.7 Å². The van der Waals surface area contributed by atoms with E-state index in [1.54, 1.807) is 0 Å². The fraction of sp³-hybridized carbons (Fsp3) is 0.667. The van der Waals surface area contributed by atoms with Gasteiger partial charge in [-0.05, 0) is 36.5 Å². The van der Waals surface area contributed by atoms with Crippen LogP contribution < -0.4 is 22.9 Å². The van der Waals surface area contributed by atoms with Crippen molar-refractivity contribution in [1.82, 2.24) is 0 Å². The Morgan fingerprint density at radius 3 is 1.62 bits per heavy atom. The van der Waals surface area contributed by atoms with E-state index in [1.165, 1.54) is 6.42 Å². The molecule has 8 N–H and O–H groups in total. The summed E-state index contributed by atoms with van der Waals surface area (Å²) in [5.41, 5.74) is 24.3. The molecule has 0 amide bonds. The zero-order valence-electron chi connectivity index (χ0n) is 15.2. The molecule has 2 atom stereocenters. The van der Waals surface area contributed by atoms with E-state index < -0.39 is 5.78 Å². The number of rotatable bonds is 3. The lowest BCUT2D eigenvalue weighted by Crippen LogP contribution is -2.42. The number of ketones is 1. The van der Waals surface area contributed by atoms with Crippen LogP contribution >= 0.6 is 0 Å². The molecule has 6 nitrogen and oxygen atoms in total. The average Bonchev–Trinajstić information content (AvgIpc) is 2.54. The van der Waals surface area contributed by atoms with Crippen LogP contribution in [0.15, 0.2) is 27.8 Å². The summed E-state index contributed by atoms with van der Waals surface area (Å²) < 4.78 is 0. The number of carbonyl (C=O) groups is 1. The molecule has 0 spiro atoms. The molecular weight excluding hydrogens is 302 g/mol. The van der Waals surface area contributed by atoms with Gasteiger partial charge in [-0.25, -0.2) is 0 Å². The predicted octanol–water partition coefficient (Wildman–Crippen LogP) is 1.37. The molecule has 2 aliphatic carbocycles. The molecule has 0 bridgehead atoms. The highest BCUT2D eigenvalue weighted by Gasteiger charge is 2.38. The summed E-state index contributed by atoms with van der Waals surface area (Å²) >= 11 is 0. The lowest BCUT2D eigenvalue weighted by Gasteiger charge is -2.40. The fourth-order valence-corrected chi connectivity index (χ4v) is 3.97. The largest absolute Gasteiger partial charge is 0.395 e. The molecule has 1 fully saturated rings. The quantitative estimate of drug-likeness (QED) is 0.579. The first-order valence-corrected chi connectivity index (χ1v) is 8.80. The van der Waals surface area contributed by atoms with Crippen LogP contribution in [-0.4, -0.2) is 17.5 Å². The fourth-order valence-electron chi connectivity index (χ4n) is 3.97. The maximum atomic E-state index is 11.9. The van der Waals surface area contributed by atoms with Crippen molar-refractivity contribution in [2.24, 2.45) is 51.6 Å². The van der Waals surface area contributed by atoms with Crippen LogP contribution in [0.3, 0.4) is 0 Å². The number of nitrogens with two attached hydrogens (primary N) is 4. The second kappa shape index (κ2) is 6.87. The molecule has 0 aromatic carbocycles. The van der Waals surface area contributed by atoms with E-state index >= 15 is 0 Å². The summed E-state index contributed by atoms with van der Waals surface area (Å²) in [7, 11) is 0. The Hall–Kier alpha value is -1.98. The molecule has 134 valence electrons. The number of hydrogen-bond acceptors (Lipinski definition) is 6. The van der Waals surface area contributed by atoms with Gasteiger partial charge in [-0.1, -0.05) is 34.1 Å². The maximum Gasteiger partial charge on any atom is 0.228 e. The molecule has 24 heavy (non-hydrogen) atoms. The average molecular weight is 333 g/mol. The Balaban J connectivity index is 2.52. The smallest absolute Gasteiger partial charge is 0.228 e. The SMILES string of the molecule is CC(C)C1CCCC(C(C)C)C1N=C1C(N)=C(N)C(=O)C(N)=C1N. The van der Waals surface area contributed by atoms with Gasteiger partial charge in [0.2, 0.25) is 5.78 Å². The third-order valence-electron chi connectivity index (χ3n) is 5.52. The van der Waals surface area contributed by atoms with Crippen molar-refractivity contribution in [3.8, 4) is 0 Å². The lowest BCUT2D eigenvalue weighted by atomic mass is 9.68. The number of nitrogens with zero attached hydrogens (tertiary/aromatic N) is 1. The molecule has 1 saturated carbocycles. The molecular formula is C18H31N5O. The van der Waals surface area contributed by atoms with Crippen molar-refractivity contribution in [2.75, 3.05) is 0 Å². The third kappa shape index (κ3) is 3.14. The van der Waals surface area contributed by atoms with Crippen LogP contribution in [0.1, 0.15) is 47.0 Å². The van der Waals surface area contributed by atoms with Crippen molar-refractivity contribution in [3.05, 3.63) is 22.8 Å². The van der Waals surface area contributed by atoms with E-state index in [4.69, 9.17) is 27.9 Å². The zero-order valence-corrected chi connectivity index (χ0v) is 15.2. The normalized spacial score (nSPS) is 29.0. The van der Waals surface area contributed by atoms with E-state index in [1.807, 2.05) is 0 Å². The molecule has 2 rings (SSSR count). The van der Waals surface area contributed by atoms with Gasteiger partial charge in [0.1, 0.15) is 17.1 Å². The highest BCUT2D eigenvalue weighted by Crippen LogP contribution is 2.40. The molecule has 2 aliphatic rings. The molecule has 0 aromatic rings. The minimum atomic E-state index is -0.506. The van der Waals surface area contributed by atoms with Gasteiger partial charge in [0.05, 0.1) is 17.4 Å². The second-order valence-electron chi connectivity index (χ2n) is 7.70. The Morgan fingerprint density at radius 1 is 0.833 bits per heavy atom. The van der Waals surface area contributed by atoms with Crippen LogP contribution in [0.5, 0.6) is 0 Å². The standard InChI is InChI=1S/C18H31N5O/c1-8(2)10-6-5-7-11(9(3)4)16(10)23-17-12(19)14(21)18(24)15(22)13(17)20/h8-11,16H,5-7,19-22H2,1-4H3. The molecule has 0 saturated heterocycles. The maximum absolute atomic E-state index is 11.9. The first-order chi connectivity index (χ1) is 11.2. The summed E-state index contributed by atoms with van der Waals surface area (Å²) in [5, 5.41) is 0. The summed E-state index contributed by atoms with van der Waals surface area (Å²) in [6.07, 6.45) is 3.49. The van der Waals surface area contributed by atoms with E-state index in [-0.39, 0.29) is 28.8 Å². The molecule has 2 unspecified atom stereocenters. The molecule has 0 aromatic heterocycles. The van der Waals surface area contributed by atoms with Crippen LogP contribution in [0.2, 0.25) is 0 Å². The Morgan fingerprint density at radius 2 is 1.25 bits per heavy atom. The molecule has 0 heterocycles. The van der Waals surface area contributed by atoms with Crippen LogP contribution in [0.4, 0.5) is 0 Å². The zero-order chi connectivity index (χ0) is 18.2.